The van der Waals surface area contributed by atoms with Crippen molar-refractivity contribution in [1.29, 1.82) is 0 Å². The van der Waals surface area contributed by atoms with Gasteiger partial charge in [-0.3, -0.25) is 0 Å². The summed E-state index contributed by atoms with van der Waals surface area (Å²) >= 11 is 0. The minimum absolute atomic E-state index is 0.159. The molecule has 0 spiro atoms. The van der Waals surface area contributed by atoms with E-state index >= 15 is 0 Å². The summed E-state index contributed by atoms with van der Waals surface area (Å²) in [7, 11) is 0. The number of aromatic nitrogens is 1. The molecule has 4 heteroatoms. The lowest BCUT2D eigenvalue weighted by atomic mass is 10.1. The van der Waals surface area contributed by atoms with Gasteiger partial charge in [-0.2, -0.15) is 0 Å². The van der Waals surface area contributed by atoms with Gasteiger partial charge >= 0.3 is 0 Å². The van der Waals surface area contributed by atoms with Crippen molar-refractivity contribution in [2.24, 2.45) is 0 Å². The summed E-state index contributed by atoms with van der Waals surface area (Å²) in [5.74, 6) is 1.02. The van der Waals surface area contributed by atoms with Gasteiger partial charge < -0.3 is 15.4 Å². The van der Waals surface area contributed by atoms with E-state index in [1.165, 1.54) is 0 Å². The fourth-order valence-corrected chi connectivity index (χ4v) is 1.26. The molecule has 1 aromatic heterocycles. The van der Waals surface area contributed by atoms with Crippen LogP contribution in [0.4, 0.5) is 5.82 Å². The Morgan fingerprint density at radius 1 is 1.36 bits per heavy atom. The van der Waals surface area contributed by atoms with E-state index in [0.29, 0.717) is 17.1 Å². The molecule has 0 unspecified atom stereocenters. The van der Waals surface area contributed by atoms with Gasteiger partial charge in [-0.25, -0.2) is 0 Å². The van der Waals surface area contributed by atoms with E-state index in [2.05, 4.69) is 5.16 Å². The third kappa shape index (κ3) is 1.21. The molecule has 0 aliphatic carbocycles. The Morgan fingerprint density at radius 3 is 2.64 bits per heavy atom. The molecule has 0 fully saturated rings. The Labute approximate surface area is 81.0 Å². The highest BCUT2D eigenvalue weighted by Gasteiger charge is 2.13. The Balaban J connectivity index is 2.60. The number of nitrogens with zero attached hydrogens (tertiary/aromatic N) is 1. The molecule has 4 nitrogen and oxygen atoms in total. The maximum atomic E-state index is 9.57. The second-order valence-corrected chi connectivity index (χ2v) is 3.04. The molecule has 0 saturated heterocycles. The summed E-state index contributed by atoms with van der Waals surface area (Å²) < 4.78 is 5.03. The van der Waals surface area contributed by atoms with Crippen LogP contribution in [0.2, 0.25) is 0 Å². The highest BCUT2D eigenvalue weighted by molar-refractivity contribution is 5.70. The molecule has 2 rings (SSSR count). The van der Waals surface area contributed by atoms with E-state index in [1.807, 2.05) is 6.07 Å². The van der Waals surface area contributed by atoms with Gasteiger partial charge in [0.25, 0.3) is 0 Å². The topological polar surface area (TPSA) is 72.3 Å². The first-order chi connectivity index (χ1) is 6.70. The van der Waals surface area contributed by atoms with Gasteiger partial charge in [0.2, 0.25) is 0 Å². The first kappa shape index (κ1) is 8.62. The highest BCUT2D eigenvalue weighted by atomic mass is 16.5. The second-order valence-electron chi connectivity index (χ2n) is 3.04. The largest absolute Gasteiger partial charge is 0.507 e. The fourth-order valence-electron chi connectivity index (χ4n) is 1.26. The van der Waals surface area contributed by atoms with Crippen molar-refractivity contribution in [3.05, 3.63) is 29.8 Å². The lowest BCUT2D eigenvalue weighted by molar-refractivity contribution is 0.428. The summed E-state index contributed by atoms with van der Waals surface area (Å²) in [6, 6.07) is 6.90. The summed E-state index contributed by atoms with van der Waals surface area (Å²) in [6.45, 7) is 1.80. The van der Waals surface area contributed by atoms with Crippen molar-refractivity contribution in [3.63, 3.8) is 0 Å². The molecule has 1 aromatic carbocycles. The van der Waals surface area contributed by atoms with Crippen LogP contribution >= 0.6 is 0 Å². The van der Waals surface area contributed by atoms with Gasteiger partial charge in [0.15, 0.2) is 11.6 Å². The summed E-state index contributed by atoms with van der Waals surface area (Å²) in [6.07, 6.45) is 0. The number of rotatable bonds is 1. The van der Waals surface area contributed by atoms with Crippen molar-refractivity contribution in [1.82, 2.24) is 5.16 Å². The minimum Gasteiger partial charge on any atom is -0.507 e. The quantitative estimate of drug-likeness (QED) is 0.720. The zero-order valence-electron chi connectivity index (χ0n) is 7.69. The molecule has 14 heavy (non-hydrogen) atoms. The van der Waals surface area contributed by atoms with E-state index < -0.39 is 0 Å². The zero-order chi connectivity index (χ0) is 10.1. The number of para-hydroxylation sites is 1. The first-order valence-electron chi connectivity index (χ1n) is 4.20. The van der Waals surface area contributed by atoms with E-state index in [9.17, 15) is 5.11 Å². The van der Waals surface area contributed by atoms with Crippen LogP contribution in [0.15, 0.2) is 28.8 Å². The van der Waals surface area contributed by atoms with Gasteiger partial charge in [-0.15, -0.1) is 0 Å². The Kier molecular flexibility index (Phi) is 1.89. The molecule has 0 bridgehead atoms. The molecule has 0 atom stereocenters. The van der Waals surface area contributed by atoms with Crippen molar-refractivity contribution in [3.8, 4) is 17.1 Å². The third-order valence-electron chi connectivity index (χ3n) is 2.11. The van der Waals surface area contributed by atoms with Crippen LogP contribution in [0.3, 0.4) is 0 Å². The van der Waals surface area contributed by atoms with Crippen LogP contribution in [0.25, 0.3) is 11.3 Å². The lowest BCUT2D eigenvalue weighted by Crippen LogP contribution is -1.86. The first-order valence-corrected chi connectivity index (χ1v) is 4.20. The van der Waals surface area contributed by atoms with Gasteiger partial charge in [0.05, 0.1) is 5.56 Å². The molecule has 0 saturated carbocycles. The fraction of sp³-hybridized carbons (Fsp3) is 0.100. The van der Waals surface area contributed by atoms with E-state index in [1.54, 1.807) is 25.1 Å². The van der Waals surface area contributed by atoms with Crippen molar-refractivity contribution >= 4 is 5.82 Å². The summed E-state index contributed by atoms with van der Waals surface area (Å²) in [5, 5.41) is 13.2. The number of anilines is 1. The number of hydrogen-bond acceptors (Lipinski definition) is 4. The number of nitrogen functional groups attached to an aromatic ring is 1. The number of nitrogens with two attached hydrogens (primary N) is 1. The molecule has 72 valence electrons. The Hall–Kier alpha value is -1.97. The predicted octanol–water partition coefficient (Wildman–Crippen LogP) is 1.94. The lowest BCUT2D eigenvalue weighted by Gasteiger charge is -1.99. The summed E-state index contributed by atoms with van der Waals surface area (Å²) in [5.41, 5.74) is 6.89. The second kappa shape index (κ2) is 3.06. The van der Waals surface area contributed by atoms with E-state index in [0.717, 1.165) is 5.56 Å². The molecule has 3 N–H and O–H groups in total. The van der Waals surface area contributed by atoms with Gasteiger partial charge in [-0.05, 0) is 19.1 Å². The molecule has 2 aromatic rings. The average molecular weight is 190 g/mol. The molecule has 1 heterocycles. The smallest absolute Gasteiger partial charge is 0.175 e. The molecule has 0 amide bonds. The number of hydrogen-bond donors (Lipinski definition) is 2. The van der Waals surface area contributed by atoms with Crippen LogP contribution in [0, 0.1) is 6.92 Å². The average Bonchev–Trinajstić information content (AvgIpc) is 2.49. The molecule has 0 aliphatic rings. The highest BCUT2D eigenvalue weighted by Crippen LogP contribution is 2.32. The summed E-state index contributed by atoms with van der Waals surface area (Å²) in [4.78, 5) is 0. The van der Waals surface area contributed by atoms with Gasteiger partial charge in [-0.1, -0.05) is 17.3 Å². The zero-order valence-corrected chi connectivity index (χ0v) is 7.69. The van der Waals surface area contributed by atoms with Crippen LogP contribution in [-0.4, -0.2) is 10.3 Å². The van der Waals surface area contributed by atoms with Crippen molar-refractivity contribution in [2.75, 3.05) is 5.73 Å². The number of phenols is 1. The molecular formula is C10H10N2O2. The van der Waals surface area contributed by atoms with Crippen LogP contribution in [0.1, 0.15) is 5.56 Å². The van der Waals surface area contributed by atoms with Gasteiger partial charge in [0, 0.05) is 5.56 Å². The van der Waals surface area contributed by atoms with Crippen molar-refractivity contribution < 1.29 is 9.63 Å². The van der Waals surface area contributed by atoms with E-state index in [4.69, 9.17) is 10.3 Å². The van der Waals surface area contributed by atoms with Crippen LogP contribution < -0.4 is 5.73 Å². The number of aromatic hydroxyl groups is 1. The number of benzene rings is 1. The minimum atomic E-state index is 0.159. The van der Waals surface area contributed by atoms with Crippen LogP contribution in [0.5, 0.6) is 5.75 Å². The molecular weight excluding hydrogens is 180 g/mol. The third-order valence-corrected chi connectivity index (χ3v) is 2.11. The predicted molar refractivity (Wildman–Crippen MR) is 52.8 cm³/mol. The number of phenolic OH excluding ortho intramolecular Hbond substituents is 1. The Morgan fingerprint density at radius 2 is 2.07 bits per heavy atom. The monoisotopic (exact) mass is 190 g/mol. The molecule has 0 aliphatic heterocycles. The molecule has 0 radical (unpaired) electrons. The SMILES string of the molecule is Cc1c(N)noc1-c1ccccc1O. The van der Waals surface area contributed by atoms with E-state index in [-0.39, 0.29) is 5.75 Å². The normalized spacial score (nSPS) is 10.4. The standard InChI is InChI=1S/C10H10N2O2/c1-6-9(14-12-10(6)11)7-4-2-3-5-8(7)13/h2-5,13H,1H3,(H2,11,12). The Bertz CT molecular complexity index is 463. The maximum absolute atomic E-state index is 9.57. The van der Waals surface area contributed by atoms with Gasteiger partial charge in [0.1, 0.15) is 5.75 Å². The van der Waals surface area contributed by atoms with Crippen LogP contribution in [-0.2, 0) is 0 Å². The maximum Gasteiger partial charge on any atom is 0.175 e. The van der Waals surface area contributed by atoms with Crippen molar-refractivity contribution in [2.45, 2.75) is 6.92 Å².